The van der Waals surface area contributed by atoms with Gasteiger partial charge in [0.2, 0.25) is 0 Å². The smallest absolute Gasteiger partial charge is 0.0729 e. The highest BCUT2D eigenvalue weighted by atomic mass is 16.5. The highest BCUT2D eigenvalue weighted by Crippen LogP contribution is 2.18. The maximum atomic E-state index is 6.09. The lowest BCUT2D eigenvalue weighted by atomic mass is 9.95. The number of rotatable bonds is 5. The van der Waals surface area contributed by atoms with Gasteiger partial charge in [-0.05, 0) is 26.2 Å². The van der Waals surface area contributed by atoms with E-state index in [1.54, 1.807) is 0 Å². The zero-order chi connectivity index (χ0) is 12.8. The summed E-state index contributed by atoms with van der Waals surface area (Å²) in [6.45, 7) is 10.3. The molecule has 18 heavy (non-hydrogen) atoms. The molecule has 0 aromatic rings. The summed E-state index contributed by atoms with van der Waals surface area (Å²) in [4.78, 5) is 2.43. The second-order valence-electron chi connectivity index (χ2n) is 5.52. The fraction of sp³-hybridized carbons (Fsp3) is 1.00. The minimum atomic E-state index is 0.409. The molecule has 106 valence electrons. The van der Waals surface area contributed by atoms with Crippen LogP contribution in [0.1, 0.15) is 33.1 Å². The van der Waals surface area contributed by atoms with Gasteiger partial charge in [-0.25, -0.2) is 0 Å². The van der Waals surface area contributed by atoms with Crippen LogP contribution >= 0.6 is 0 Å². The molecule has 0 saturated carbocycles. The van der Waals surface area contributed by atoms with Crippen molar-refractivity contribution < 1.29 is 9.47 Å². The summed E-state index contributed by atoms with van der Waals surface area (Å²) >= 11 is 0. The Kier molecular flexibility index (Phi) is 5.89. The average molecular weight is 256 g/mol. The Morgan fingerprint density at radius 3 is 2.78 bits per heavy atom. The van der Waals surface area contributed by atoms with E-state index in [-0.39, 0.29) is 0 Å². The lowest BCUT2D eigenvalue weighted by Crippen LogP contribution is -2.50. The third kappa shape index (κ3) is 4.19. The van der Waals surface area contributed by atoms with E-state index in [4.69, 9.17) is 9.47 Å². The molecule has 0 spiro atoms. The Balaban J connectivity index is 1.65. The zero-order valence-electron chi connectivity index (χ0n) is 11.9. The Bertz CT molecular complexity index is 232. The van der Waals surface area contributed by atoms with Gasteiger partial charge in [0.25, 0.3) is 0 Å². The third-order valence-corrected chi connectivity index (χ3v) is 4.11. The fourth-order valence-corrected chi connectivity index (χ4v) is 2.91. The third-order valence-electron chi connectivity index (χ3n) is 4.11. The number of nitrogens with zero attached hydrogens (tertiary/aromatic N) is 1. The first kappa shape index (κ1) is 14.3. The summed E-state index contributed by atoms with van der Waals surface area (Å²) in [7, 11) is 0. The Hall–Kier alpha value is -0.160. The first-order valence-corrected chi connectivity index (χ1v) is 7.47. The Morgan fingerprint density at radius 1 is 1.28 bits per heavy atom. The van der Waals surface area contributed by atoms with Gasteiger partial charge in [-0.15, -0.1) is 0 Å². The monoisotopic (exact) mass is 256 g/mol. The zero-order valence-corrected chi connectivity index (χ0v) is 11.9. The van der Waals surface area contributed by atoms with Crippen LogP contribution in [0.15, 0.2) is 0 Å². The lowest BCUT2D eigenvalue weighted by Gasteiger charge is -2.36. The summed E-state index contributed by atoms with van der Waals surface area (Å²) in [6, 6.07) is 1.19. The van der Waals surface area contributed by atoms with Crippen LogP contribution in [-0.2, 0) is 9.47 Å². The number of hydrogen-bond donors (Lipinski definition) is 1. The molecule has 1 N–H and O–H groups in total. The molecule has 0 aromatic heterocycles. The summed E-state index contributed by atoms with van der Waals surface area (Å²) in [5, 5.41) is 3.65. The van der Waals surface area contributed by atoms with Crippen molar-refractivity contribution in [2.75, 3.05) is 39.5 Å². The van der Waals surface area contributed by atoms with Crippen molar-refractivity contribution in [3.8, 4) is 0 Å². The van der Waals surface area contributed by atoms with E-state index < -0.39 is 0 Å². The maximum absolute atomic E-state index is 6.09. The molecule has 2 heterocycles. The molecule has 2 rings (SSSR count). The molecule has 3 atom stereocenters. The van der Waals surface area contributed by atoms with Crippen molar-refractivity contribution in [1.82, 2.24) is 10.2 Å². The molecular weight excluding hydrogens is 228 g/mol. The lowest BCUT2D eigenvalue weighted by molar-refractivity contribution is -0.0241. The minimum absolute atomic E-state index is 0.409. The van der Waals surface area contributed by atoms with Gasteiger partial charge >= 0.3 is 0 Å². The van der Waals surface area contributed by atoms with Gasteiger partial charge in [0, 0.05) is 31.7 Å². The van der Waals surface area contributed by atoms with E-state index in [1.807, 2.05) is 0 Å². The second-order valence-corrected chi connectivity index (χ2v) is 5.52. The fourth-order valence-electron chi connectivity index (χ4n) is 2.91. The van der Waals surface area contributed by atoms with E-state index in [1.165, 1.54) is 12.8 Å². The van der Waals surface area contributed by atoms with E-state index in [0.29, 0.717) is 18.2 Å². The topological polar surface area (TPSA) is 33.7 Å². The van der Waals surface area contributed by atoms with Crippen LogP contribution in [0.25, 0.3) is 0 Å². The van der Waals surface area contributed by atoms with Crippen molar-refractivity contribution >= 4 is 0 Å². The van der Waals surface area contributed by atoms with Gasteiger partial charge in [0.15, 0.2) is 0 Å². The molecule has 2 saturated heterocycles. The molecule has 4 heteroatoms. The molecule has 3 unspecified atom stereocenters. The van der Waals surface area contributed by atoms with E-state index in [9.17, 15) is 0 Å². The molecular formula is C14H28N2O2. The van der Waals surface area contributed by atoms with Crippen molar-refractivity contribution in [1.29, 1.82) is 0 Å². The highest BCUT2D eigenvalue weighted by molar-refractivity contribution is 4.85. The Morgan fingerprint density at radius 2 is 2.06 bits per heavy atom. The quantitative estimate of drug-likeness (QED) is 0.803. The average Bonchev–Trinajstić information content (AvgIpc) is 2.41. The second kappa shape index (κ2) is 7.43. The van der Waals surface area contributed by atoms with Crippen molar-refractivity contribution in [3.63, 3.8) is 0 Å². The molecule has 0 amide bonds. The minimum Gasteiger partial charge on any atom is -0.379 e. The standard InChI is InChI=1S/C14H28N2O2/c1-3-13-14(5-4-12(2)15-13)18-11-8-16-6-9-17-10-7-16/h12-15H,3-11H2,1-2H3. The van der Waals surface area contributed by atoms with Gasteiger partial charge < -0.3 is 14.8 Å². The van der Waals surface area contributed by atoms with E-state index in [0.717, 1.165) is 45.9 Å². The highest BCUT2D eigenvalue weighted by Gasteiger charge is 2.27. The van der Waals surface area contributed by atoms with Gasteiger partial charge in [-0.2, -0.15) is 0 Å². The first-order chi connectivity index (χ1) is 8.79. The maximum Gasteiger partial charge on any atom is 0.0729 e. The predicted octanol–water partition coefficient (Wildman–Crippen LogP) is 1.25. The molecule has 4 nitrogen and oxygen atoms in total. The van der Waals surface area contributed by atoms with E-state index >= 15 is 0 Å². The summed E-state index contributed by atoms with van der Waals surface area (Å²) in [5.41, 5.74) is 0. The summed E-state index contributed by atoms with van der Waals surface area (Å²) < 4.78 is 11.4. The van der Waals surface area contributed by atoms with Crippen LogP contribution in [0.2, 0.25) is 0 Å². The first-order valence-electron chi connectivity index (χ1n) is 7.47. The summed E-state index contributed by atoms with van der Waals surface area (Å²) in [5.74, 6) is 0. The van der Waals surface area contributed by atoms with Crippen LogP contribution in [0.3, 0.4) is 0 Å². The van der Waals surface area contributed by atoms with Crippen LogP contribution in [0.4, 0.5) is 0 Å². The Labute approximate surface area is 111 Å². The number of piperidine rings is 1. The van der Waals surface area contributed by atoms with Crippen molar-refractivity contribution in [2.24, 2.45) is 0 Å². The largest absolute Gasteiger partial charge is 0.379 e. The van der Waals surface area contributed by atoms with Crippen LogP contribution in [0, 0.1) is 0 Å². The molecule has 0 bridgehead atoms. The molecule has 2 aliphatic rings. The number of nitrogens with one attached hydrogen (secondary N) is 1. The molecule has 2 aliphatic heterocycles. The van der Waals surface area contributed by atoms with Crippen molar-refractivity contribution in [2.45, 2.75) is 51.3 Å². The molecule has 0 aromatic carbocycles. The molecule has 0 radical (unpaired) electrons. The van der Waals surface area contributed by atoms with E-state index in [2.05, 4.69) is 24.1 Å². The molecule has 0 aliphatic carbocycles. The molecule has 2 fully saturated rings. The SMILES string of the molecule is CCC1NC(C)CCC1OCCN1CCOCC1. The number of morpholine rings is 1. The van der Waals surface area contributed by atoms with Gasteiger partial charge in [-0.1, -0.05) is 6.92 Å². The van der Waals surface area contributed by atoms with Gasteiger partial charge in [0.05, 0.1) is 25.9 Å². The number of hydrogen-bond acceptors (Lipinski definition) is 4. The summed E-state index contributed by atoms with van der Waals surface area (Å²) in [6.07, 6.45) is 4.01. The van der Waals surface area contributed by atoms with Crippen LogP contribution in [0.5, 0.6) is 0 Å². The predicted molar refractivity (Wildman–Crippen MR) is 72.9 cm³/mol. The van der Waals surface area contributed by atoms with Gasteiger partial charge in [0.1, 0.15) is 0 Å². The van der Waals surface area contributed by atoms with Crippen molar-refractivity contribution in [3.05, 3.63) is 0 Å². The normalized spacial score (nSPS) is 34.7. The van der Waals surface area contributed by atoms with Crippen LogP contribution < -0.4 is 5.32 Å². The number of ether oxygens (including phenoxy) is 2. The van der Waals surface area contributed by atoms with Gasteiger partial charge in [-0.3, -0.25) is 4.90 Å². The van der Waals surface area contributed by atoms with Crippen LogP contribution in [-0.4, -0.2) is 62.5 Å².